The van der Waals surface area contributed by atoms with Crippen molar-refractivity contribution < 1.29 is 29.2 Å². The van der Waals surface area contributed by atoms with Gasteiger partial charge in [-0.25, -0.2) is 0 Å². The Morgan fingerprint density at radius 2 is 1.87 bits per heavy atom. The van der Waals surface area contributed by atoms with Crippen molar-refractivity contribution in [2.75, 3.05) is 14.2 Å². The number of Topliss-reactive ketones (excluding diaryl/α,β-unsaturated/α-hetero) is 1. The molecule has 1 atom stereocenters. The maximum absolute atomic E-state index is 12.3. The largest absolute Gasteiger partial charge is 0.507 e. The molecule has 1 aliphatic rings. The summed E-state index contributed by atoms with van der Waals surface area (Å²) in [7, 11) is 2.91. The molecule has 0 saturated heterocycles. The van der Waals surface area contributed by atoms with Crippen LogP contribution in [0.5, 0.6) is 28.7 Å². The average molecular weight is 316 g/mol. The molecule has 2 aromatic carbocycles. The first-order valence-corrected chi connectivity index (χ1v) is 7.01. The topological polar surface area (TPSA) is 85.2 Å². The van der Waals surface area contributed by atoms with Gasteiger partial charge in [0.25, 0.3) is 0 Å². The number of carbonyl (C=O) groups is 1. The Balaban J connectivity index is 2.00. The highest BCUT2D eigenvalue weighted by Crippen LogP contribution is 2.42. The summed E-state index contributed by atoms with van der Waals surface area (Å²) in [6, 6.07) is 7.72. The summed E-state index contributed by atoms with van der Waals surface area (Å²) in [5, 5.41) is 19.6. The van der Waals surface area contributed by atoms with Gasteiger partial charge in [0, 0.05) is 12.1 Å². The van der Waals surface area contributed by atoms with E-state index in [4.69, 9.17) is 14.2 Å². The van der Waals surface area contributed by atoms with Gasteiger partial charge in [0.2, 0.25) is 0 Å². The molecular weight excluding hydrogens is 300 g/mol. The van der Waals surface area contributed by atoms with Crippen molar-refractivity contribution in [2.24, 2.45) is 0 Å². The minimum Gasteiger partial charge on any atom is -0.507 e. The molecule has 0 radical (unpaired) electrons. The molecule has 3 rings (SSSR count). The summed E-state index contributed by atoms with van der Waals surface area (Å²) in [5.41, 5.74) is 0.855. The normalized spacial score (nSPS) is 16.4. The fourth-order valence-electron chi connectivity index (χ4n) is 2.61. The number of ketones is 1. The highest BCUT2D eigenvalue weighted by atomic mass is 16.5. The number of aromatic hydroxyl groups is 2. The van der Waals surface area contributed by atoms with Crippen LogP contribution in [0.2, 0.25) is 0 Å². The Bertz CT molecular complexity index is 768. The van der Waals surface area contributed by atoms with Crippen LogP contribution in [-0.4, -0.2) is 30.2 Å². The Morgan fingerprint density at radius 3 is 2.57 bits per heavy atom. The van der Waals surface area contributed by atoms with Crippen LogP contribution in [0.1, 0.15) is 28.4 Å². The molecule has 0 fully saturated rings. The molecule has 2 aromatic rings. The van der Waals surface area contributed by atoms with Crippen LogP contribution < -0.4 is 14.2 Å². The maximum Gasteiger partial charge on any atom is 0.174 e. The molecule has 0 aliphatic carbocycles. The molecule has 0 aromatic heterocycles. The number of benzene rings is 2. The lowest BCUT2D eigenvalue weighted by molar-refractivity contribution is 0.0844. The van der Waals surface area contributed by atoms with E-state index in [9.17, 15) is 15.0 Å². The highest BCUT2D eigenvalue weighted by molar-refractivity contribution is 6.02. The van der Waals surface area contributed by atoms with Crippen LogP contribution in [-0.2, 0) is 0 Å². The quantitative estimate of drug-likeness (QED) is 0.905. The van der Waals surface area contributed by atoms with E-state index in [-0.39, 0.29) is 35.0 Å². The monoisotopic (exact) mass is 316 g/mol. The third-order valence-corrected chi connectivity index (χ3v) is 3.78. The van der Waals surface area contributed by atoms with E-state index in [2.05, 4.69) is 0 Å². The lowest BCUT2D eigenvalue weighted by Crippen LogP contribution is -2.20. The molecule has 1 heterocycles. The second-order valence-electron chi connectivity index (χ2n) is 5.18. The Labute approximate surface area is 132 Å². The highest BCUT2D eigenvalue weighted by Gasteiger charge is 2.31. The number of ether oxygens (including phenoxy) is 3. The molecule has 2 N–H and O–H groups in total. The maximum atomic E-state index is 12.3. The molecular formula is C17H16O6. The number of hydrogen-bond donors (Lipinski definition) is 2. The average Bonchev–Trinajstić information content (AvgIpc) is 2.54. The molecule has 0 amide bonds. The Morgan fingerprint density at radius 1 is 1.09 bits per heavy atom. The molecule has 6 nitrogen and oxygen atoms in total. The van der Waals surface area contributed by atoms with Gasteiger partial charge < -0.3 is 24.4 Å². The number of fused-ring (bicyclic) bond motifs is 1. The standard InChI is InChI=1S/C17H16O6/c1-21-10-6-12(19)17-13(20)8-14(23-16(17)7-10)9-3-4-11(18)15(5-9)22-2/h3-7,14,18-19H,8H2,1-2H3/t14-/m0/s1. The van der Waals surface area contributed by atoms with Crippen LogP contribution in [0.25, 0.3) is 0 Å². The molecule has 6 heteroatoms. The van der Waals surface area contributed by atoms with Crippen molar-refractivity contribution >= 4 is 5.78 Å². The molecule has 0 saturated carbocycles. The van der Waals surface area contributed by atoms with Gasteiger partial charge in [-0.15, -0.1) is 0 Å². The zero-order chi connectivity index (χ0) is 16.6. The fraction of sp³-hybridized carbons (Fsp3) is 0.235. The molecule has 120 valence electrons. The second-order valence-corrected chi connectivity index (χ2v) is 5.18. The first kappa shape index (κ1) is 15.0. The molecule has 0 bridgehead atoms. The zero-order valence-electron chi connectivity index (χ0n) is 12.7. The molecule has 23 heavy (non-hydrogen) atoms. The summed E-state index contributed by atoms with van der Waals surface area (Å²) in [6.07, 6.45) is -0.447. The number of phenolic OH excluding ortho intramolecular Hbond substituents is 2. The SMILES string of the molecule is COc1cc(O)c2c(c1)O[C@H](c1ccc(O)c(OC)c1)CC2=O. The van der Waals surface area contributed by atoms with Crippen molar-refractivity contribution in [1.82, 2.24) is 0 Å². The van der Waals surface area contributed by atoms with Crippen LogP contribution >= 0.6 is 0 Å². The van der Waals surface area contributed by atoms with Crippen LogP contribution in [0, 0.1) is 0 Å². The molecule has 1 aliphatic heterocycles. The Kier molecular flexibility index (Phi) is 3.73. The summed E-state index contributed by atoms with van der Waals surface area (Å²) in [4.78, 5) is 12.3. The number of carbonyl (C=O) groups excluding carboxylic acids is 1. The van der Waals surface area contributed by atoms with Gasteiger partial charge >= 0.3 is 0 Å². The lowest BCUT2D eigenvalue weighted by atomic mass is 9.95. The van der Waals surface area contributed by atoms with E-state index in [1.807, 2.05) is 0 Å². The first-order chi connectivity index (χ1) is 11.0. The van der Waals surface area contributed by atoms with Crippen molar-refractivity contribution in [1.29, 1.82) is 0 Å². The first-order valence-electron chi connectivity index (χ1n) is 7.01. The van der Waals surface area contributed by atoms with Crippen molar-refractivity contribution in [3.8, 4) is 28.7 Å². The number of rotatable bonds is 3. The summed E-state index contributed by atoms with van der Waals surface area (Å²) >= 11 is 0. The Hall–Kier alpha value is -2.89. The van der Waals surface area contributed by atoms with Gasteiger partial charge in [-0.05, 0) is 17.7 Å². The van der Waals surface area contributed by atoms with E-state index in [1.54, 1.807) is 18.2 Å². The van der Waals surface area contributed by atoms with Gasteiger partial charge in [0.15, 0.2) is 17.3 Å². The second kappa shape index (κ2) is 5.72. The van der Waals surface area contributed by atoms with Crippen molar-refractivity contribution in [2.45, 2.75) is 12.5 Å². The van der Waals surface area contributed by atoms with E-state index in [0.717, 1.165) is 0 Å². The van der Waals surface area contributed by atoms with E-state index < -0.39 is 6.10 Å². The van der Waals surface area contributed by atoms with Crippen molar-refractivity contribution in [3.05, 3.63) is 41.5 Å². The van der Waals surface area contributed by atoms with Crippen LogP contribution in [0.4, 0.5) is 0 Å². The summed E-state index contributed by atoms with van der Waals surface area (Å²) < 4.78 is 16.0. The fourth-order valence-corrected chi connectivity index (χ4v) is 2.61. The van der Waals surface area contributed by atoms with E-state index in [1.165, 1.54) is 26.4 Å². The predicted molar refractivity (Wildman–Crippen MR) is 81.6 cm³/mol. The zero-order valence-corrected chi connectivity index (χ0v) is 12.7. The lowest BCUT2D eigenvalue weighted by Gasteiger charge is -2.26. The minimum absolute atomic E-state index is 0.0121. The third-order valence-electron chi connectivity index (χ3n) is 3.78. The van der Waals surface area contributed by atoms with Gasteiger partial charge in [-0.1, -0.05) is 6.07 Å². The molecule has 0 unspecified atom stereocenters. The van der Waals surface area contributed by atoms with Gasteiger partial charge in [-0.3, -0.25) is 4.79 Å². The van der Waals surface area contributed by atoms with Gasteiger partial charge in [0.1, 0.15) is 28.9 Å². The van der Waals surface area contributed by atoms with Crippen molar-refractivity contribution in [3.63, 3.8) is 0 Å². The summed E-state index contributed by atoms with van der Waals surface area (Å²) in [5.74, 6) is 0.610. The van der Waals surface area contributed by atoms with E-state index >= 15 is 0 Å². The van der Waals surface area contributed by atoms with E-state index in [0.29, 0.717) is 17.1 Å². The minimum atomic E-state index is -0.531. The predicted octanol–water partition coefficient (Wildman–Crippen LogP) is 2.82. The smallest absolute Gasteiger partial charge is 0.174 e. The third kappa shape index (κ3) is 2.63. The molecule has 0 spiro atoms. The number of methoxy groups -OCH3 is 2. The van der Waals surface area contributed by atoms with Gasteiger partial charge in [-0.2, -0.15) is 0 Å². The van der Waals surface area contributed by atoms with Crippen LogP contribution in [0.3, 0.4) is 0 Å². The van der Waals surface area contributed by atoms with Crippen LogP contribution in [0.15, 0.2) is 30.3 Å². The van der Waals surface area contributed by atoms with Gasteiger partial charge in [0.05, 0.1) is 20.6 Å². The number of phenols is 2. The number of hydrogen-bond acceptors (Lipinski definition) is 6. The summed E-state index contributed by atoms with van der Waals surface area (Å²) in [6.45, 7) is 0.